The third kappa shape index (κ3) is 3.44. The van der Waals surface area contributed by atoms with Gasteiger partial charge in [0.2, 0.25) is 0 Å². The highest BCUT2D eigenvalue weighted by Crippen LogP contribution is 2.29. The monoisotopic (exact) mass is 326 g/mol. The molecule has 0 atom stereocenters. The van der Waals surface area contributed by atoms with E-state index in [1.807, 2.05) is 12.1 Å². The normalized spacial score (nSPS) is 11.6. The number of hydrogen-bond acceptors (Lipinski definition) is 5. The van der Waals surface area contributed by atoms with Crippen LogP contribution in [0.1, 0.15) is 16.0 Å². The van der Waals surface area contributed by atoms with E-state index in [-0.39, 0.29) is 11.4 Å². The zero-order chi connectivity index (χ0) is 15.5. The lowest BCUT2D eigenvalue weighted by Gasteiger charge is -2.13. The fourth-order valence-electron chi connectivity index (χ4n) is 2.09. The van der Waals surface area contributed by atoms with E-state index in [0.717, 1.165) is 5.56 Å². The van der Waals surface area contributed by atoms with Crippen LogP contribution < -0.4 is 10.5 Å². The highest BCUT2D eigenvalue weighted by Gasteiger charge is 2.23. The fourth-order valence-corrected chi connectivity index (χ4v) is 4.89. The average molecular weight is 326 g/mol. The molecule has 0 amide bonds. The molecule has 7 heteroatoms. The van der Waals surface area contributed by atoms with E-state index >= 15 is 0 Å². The second-order valence-electron chi connectivity index (χ2n) is 4.57. The van der Waals surface area contributed by atoms with Gasteiger partial charge >= 0.3 is 0 Å². The first-order valence-corrected chi connectivity index (χ1v) is 8.72. The maximum Gasteiger partial charge on any atom is 0.263 e. The van der Waals surface area contributed by atoms with E-state index in [1.54, 1.807) is 31.5 Å². The number of benzene rings is 1. The minimum Gasteiger partial charge on any atom is -0.380 e. The van der Waals surface area contributed by atoms with Crippen molar-refractivity contribution in [2.45, 2.75) is 25.0 Å². The van der Waals surface area contributed by atoms with Crippen LogP contribution in [0.5, 0.6) is 0 Å². The van der Waals surface area contributed by atoms with Crippen LogP contribution in [0.3, 0.4) is 0 Å². The first-order valence-electron chi connectivity index (χ1n) is 6.36. The van der Waals surface area contributed by atoms with Gasteiger partial charge in [0.05, 0.1) is 12.3 Å². The van der Waals surface area contributed by atoms with E-state index in [9.17, 15) is 8.42 Å². The van der Waals surface area contributed by atoms with Crippen LogP contribution >= 0.6 is 11.3 Å². The van der Waals surface area contributed by atoms with Crippen molar-refractivity contribution in [3.05, 3.63) is 45.6 Å². The largest absolute Gasteiger partial charge is 0.380 e. The third-order valence-corrected chi connectivity index (χ3v) is 5.86. The lowest BCUT2D eigenvalue weighted by Crippen LogP contribution is -2.17. The van der Waals surface area contributed by atoms with Crippen LogP contribution in [0.25, 0.3) is 0 Å². The second-order valence-corrected chi connectivity index (χ2v) is 7.15. The van der Waals surface area contributed by atoms with Crippen LogP contribution in [0.2, 0.25) is 0 Å². The summed E-state index contributed by atoms with van der Waals surface area (Å²) in [5.41, 5.74) is 7.64. The zero-order valence-corrected chi connectivity index (χ0v) is 13.6. The number of nitrogens with one attached hydrogen (secondary N) is 1. The lowest BCUT2D eigenvalue weighted by atomic mass is 10.2. The third-order valence-electron chi connectivity index (χ3n) is 3.01. The topological polar surface area (TPSA) is 81.4 Å². The van der Waals surface area contributed by atoms with Crippen molar-refractivity contribution in [2.75, 3.05) is 11.8 Å². The summed E-state index contributed by atoms with van der Waals surface area (Å²) < 4.78 is 33.0. The van der Waals surface area contributed by atoms with Crippen LogP contribution in [-0.4, -0.2) is 15.5 Å². The Morgan fingerprint density at radius 1 is 1.33 bits per heavy atom. The van der Waals surface area contributed by atoms with Gasteiger partial charge < -0.3 is 10.5 Å². The van der Waals surface area contributed by atoms with Gasteiger partial charge in [-0.05, 0) is 23.9 Å². The van der Waals surface area contributed by atoms with Gasteiger partial charge in [0.1, 0.15) is 4.90 Å². The van der Waals surface area contributed by atoms with Crippen LogP contribution in [0.15, 0.2) is 34.5 Å². The van der Waals surface area contributed by atoms with Crippen molar-refractivity contribution >= 4 is 27.0 Å². The molecular formula is C14H18N2O3S2. The first-order chi connectivity index (χ1) is 9.99. The van der Waals surface area contributed by atoms with Crippen LogP contribution in [0, 0.1) is 6.92 Å². The maximum atomic E-state index is 12.6. The van der Waals surface area contributed by atoms with Crippen molar-refractivity contribution < 1.29 is 13.2 Å². The van der Waals surface area contributed by atoms with Gasteiger partial charge in [0.15, 0.2) is 0 Å². The average Bonchev–Trinajstić information content (AvgIpc) is 2.83. The Morgan fingerprint density at radius 3 is 2.71 bits per heavy atom. The molecule has 114 valence electrons. The molecule has 1 aromatic carbocycles. The molecule has 0 fully saturated rings. The number of rotatable bonds is 6. The molecule has 0 saturated carbocycles. The summed E-state index contributed by atoms with van der Waals surface area (Å²) in [7, 11) is -2.09. The van der Waals surface area contributed by atoms with E-state index in [1.165, 1.54) is 11.3 Å². The maximum absolute atomic E-state index is 12.6. The van der Waals surface area contributed by atoms with Crippen molar-refractivity contribution in [1.82, 2.24) is 0 Å². The summed E-state index contributed by atoms with van der Waals surface area (Å²) in [6.45, 7) is 2.31. The summed E-state index contributed by atoms with van der Waals surface area (Å²) in [5.74, 6) is 0. The van der Waals surface area contributed by atoms with Crippen LogP contribution in [0.4, 0.5) is 5.69 Å². The smallest absolute Gasteiger partial charge is 0.263 e. The van der Waals surface area contributed by atoms with Crippen molar-refractivity contribution in [3.63, 3.8) is 0 Å². The minimum atomic E-state index is -3.66. The Morgan fingerprint density at radius 2 is 2.05 bits per heavy atom. The molecule has 3 N–H and O–H groups in total. The number of thiophene rings is 1. The highest BCUT2D eigenvalue weighted by molar-refractivity contribution is 7.93. The first kappa shape index (κ1) is 16.0. The predicted octanol–water partition coefficient (Wildman–Crippen LogP) is 2.46. The number of nitrogens with two attached hydrogens (primary N) is 1. The lowest BCUT2D eigenvalue weighted by molar-refractivity contribution is 0.185. The van der Waals surface area contributed by atoms with Gasteiger partial charge in [-0.2, -0.15) is 0 Å². The number of ether oxygens (including phenoxy) is 1. The quantitative estimate of drug-likeness (QED) is 0.854. The highest BCUT2D eigenvalue weighted by atomic mass is 32.2. The number of para-hydroxylation sites is 1. The van der Waals surface area contributed by atoms with Gasteiger partial charge in [0, 0.05) is 24.1 Å². The number of anilines is 1. The summed E-state index contributed by atoms with van der Waals surface area (Å²) in [5, 5.41) is 1.80. The zero-order valence-electron chi connectivity index (χ0n) is 11.9. The predicted molar refractivity (Wildman–Crippen MR) is 84.9 cm³/mol. The SMILES string of the molecule is COCc1ccccc1NS(=O)(=O)c1c(C)csc1CN. The number of aryl methyl sites for hydroxylation is 1. The Labute approximate surface area is 128 Å². The molecule has 0 radical (unpaired) electrons. The van der Waals surface area contributed by atoms with E-state index in [0.29, 0.717) is 22.7 Å². The number of hydrogen-bond donors (Lipinski definition) is 2. The molecule has 0 bridgehead atoms. The Balaban J connectivity index is 2.40. The molecule has 0 aliphatic carbocycles. The van der Waals surface area contributed by atoms with Gasteiger partial charge in [-0.25, -0.2) is 8.42 Å². The van der Waals surface area contributed by atoms with E-state index < -0.39 is 10.0 Å². The van der Waals surface area contributed by atoms with Crippen molar-refractivity contribution in [1.29, 1.82) is 0 Å². The van der Waals surface area contributed by atoms with E-state index in [2.05, 4.69) is 4.72 Å². The van der Waals surface area contributed by atoms with Gasteiger partial charge in [-0.3, -0.25) is 4.72 Å². The Hall–Kier alpha value is -1.41. The summed E-state index contributed by atoms with van der Waals surface area (Å²) in [4.78, 5) is 0.937. The number of methoxy groups -OCH3 is 1. The minimum absolute atomic E-state index is 0.203. The molecule has 0 saturated heterocycles. The summed E-state index contributed by atoms with van der Waals surface area (Å²) in [6.07, 6.45) is 0. The second kappa shape index (κ2) is 6.57. The molecule has 0 aliphatic rings. The van der Waals surface area contributed by atoms with E-state index in [4.69, 9.17) is 10.5 Å². The summed E-state index contributed by atoms with van der Waals surface area (Å²) in [6, 6.07) is 7.16. The molecule has 0 spiro atoms. The standard InChI is InChI=1S/C14H18N2O3S2/c1-10-9-20-13(7-15)14(10)21(17,18)16-12-6-4-3-5-11(12)8-19-2/h3-6,9,16H,7-8,15H2,1-2H3. The molecule has 2 aromatic rings. The van der Waals surface area contributed by atoms with Crippen LogP contribution in [-0.2, 0) is 27.9 Å². The molecular weight excluding hydrogens is 308 g/mol. The molecule has 0 aliphatic heterocycles. The van der Waals surface area contributed by atoms with Crippen molar-refractivity contribution in [2.24, 2.45) is 5.73 Å². The fraction of sp³-hybridized carbons (Fsp3) is 0.286. The van der Waals surface area contributed by atoms with Gasteiger partial charge in [-0.1, -0.05) is 18.2 Å². The van der Waals surface area contributed by atoms with Gasteiger partial charge in [-0.15, -0.1) is 11.3 Å². The molecule has 2 rings (SSSR count). The van der Waals surface area contributed by atoms with Crippen molar-refractivity contribution in [3.8, 4) is 0 Å². The Kier molecular flexibility index (Phi) is 5.00. The molecule has 5 nitrogen and oxygen atoms in total. The summed E-state index contributed by atoms with van der Waals surface area (Å²) >= 11 is 1.36. The molecule has 21 heavy (non-hydrogen) atoms. The number of sulfonamides is 1. The van der Waals surface area contributed by atoms with Gasteiger partial charge in [0.25, 0.3) is 10.0 Å². The molecule has 1 heterocycles. The molecule has 1 aromatic heterocycles. The Bertz CT molecular complexity index is 724. The molecule has 0 unspecified atom stereocenters.